The third-order valence-electron chi connectivity index (χ3n) is 3.27. The number of fused-ring (bicyclic) bond motifs is 1. The average molecular weight is 285 g/mol. The molecule has 1 aromatic carbocycles. The van der Waals surface area contributed by atoms with E-state index in [2.05, 4.69) is 15.6 Å². The lowest BCUT2D eigenvalue weighted by Crippen LogP contribution is -2.49. The monoisotopic (exact) mass is 285 g/mol. The van der Waals surface area contributed by atoms with Gasteiger partial charge in [0, 0.05) is 24.2 Å². The zero-order chi connectivity index (χ0) is 15.0. The minimum Gasteiger partial charge on any atom is -0.451 e. The van der Waals surface area contributed by atoms with Gasteiger partial charge in [-0.1, -0.05) is 0 Å². The van der Waals surface area contributed by atoms with E-state index < -0.39 is 5.79 Å². The van der Waals surface area contributed by atoms with Crippen LogP contribution in [0.1, 0.15) is 16.1 Å². The number of carbonyl (C=O) groups is 1. The molecular weight excluding hydrogens is 270 g/mol. The van der Waals surface area contributed by atoms with Crippen LogP contribution >= 0.6 is 0 Å². The molecule has 2 heterocycles. The van der Waals surface area contributed by atoms with Gasteiger partial charge in [0.15, 0.2) is 5.76 Å². The van der Waals surface area contributed by atoms with Crippen molar-refractivity contribution in [1.29, 1.82) is 0 Å². The lowest BCUT2D eigenvalue weighted by molar-refractivity contribution is 0.0938. The van der Waals surface area contributed by atoms with E-state index in [9.17, 15) is 4.79 Å². The Morgan fingerprint density at radius 2 is 2.24 bits per heavy atom. The normalized spacial score (nSPS) is 21.0. The number of nitrogens with two attached hydrogens (primary N) is 2. The fourth-order valence-corrected chi connectivity index (χ4v) is 2.19. The summed E-state index contributed by atoms with van der Waals surface area (Å²) in [5.74, 6) is -0.821. The van der Waals surface area contributed by atoms with Crippen LogP contribution < -0.4 is 22.1 Å². The Bertz CT molecular complexity index is 777. The number of carbonyl (C=O) groups excluding carboxylic acids is 1. The highest BCUT2D eigenvalue weighted by atomic mass is 16.3. The van der Waals surface area contributed by atoms with Crippen molar-refractivity contribution in [1.82, 2.24) is 10.6 Å². The van der Waals surface area contributed by atoms with E-state index in [0.29, 0.717) is 17.0 Å². The number of amidine groups is 1. The van der Waals surface area contributed by atoms with E-state index in [1.165, 1.54) is 0 Å². The molecular formula is C14H15N5O2. The van der Waals surface area contributed by atoms with Crippen LogP contribution in [0.25, 0.3) is 11.0 Å². The minimum atomic E-state index is -1.13. The largest absolute Gasteiger partial charge is 0.451 e. The number of aliphatic imine (C=N–C) groups is 1. The summed E-state index contributed by atoms with van der Waals surface area (Å²) in [7, 11) is 1.55. The van der Waals surface area contributed by atoms with Crippen LogP contribution in [0.4, 0.5) is 0 Å². The molecule has 0 saturated heterocycles. The van der Waals surface area contributed by atoms with Gasteiger partial charge in [-0.15, -0.1) is 0 Å². The van der Waals surface area contributed by atoms with Crippen molar-refractivity contribution in [2.75, 3.05) is 7.05 Å². The maximum Gasteiger partial charge on any atom is 0.286 e. The molecule has 1 atom stereocenters. The molecule has 1 aromatic heterocycles. The van der Waals surface area contributed by atoms with Crippen molar-refractivity contribution in [3.63, 3.8) is 0 Å². The maximum atomic E-state index is 11.6. The van der Waals surface area contributed by atoms with E-state index in [4.69, 9.17) is 15.9 Å². The van der Waals surface area contributed by atoms with Crippen LogP contribution in [0.5, 0.6) is 0 Å². The van der Waals surface area contributed by atoms with Crippen molar-refractivity contribution in [2.45, 2.75) is 5.79 Å². The lowest BCUT2D eigenvalue weighted by Gasteiger charge is -2.28. The molecule has 0 fully saturated rings. The molecule has 108 valence electrons. The van der Waals surface area contributed by atoms with Crippen LogP contribution in [-0.4, -0.2) is 18.8 Å². The third-order valence-corrected chi connectivity index (χ3v) is 3.27. The summed E-state index contributed by atoms with van der Waals surface area (Å²) < 4.78 is 5.47. The molecule has 1 unspecified atom stereocenters. The SMILES string of the molecule is CNC(=O)c1cc2cc(C3(N)N=C(N)C=CN3)ccc2o1. The van der Waals surface area contributed by atoms with Gasteiger partial charge in [-0.2, -0.15) is 0 Å². The van der Waals surface area contributed by atoms with Crippen molar-refractivity contribution < 1.29 is 9.21 Å². The molecule has 1 aliphatic rings. The number of nitrogens with zero attached hydrogens (tertiary/aromatic N) is 1. The van der Waals surface area contributed by atoms with Gasteiger partial charge in [-0.05, 0) is 30.3 Å². The Morgan fingerprint density at radius 3 is 2.95 bits per heavy atom. The molecule has 0 bridgehead atoms. The summed E-state index contributed by atoms with van der Waals surface area (Å²) in [6, 6.07) is 7.00. The van der Waals surface area contributed by atoms with E-state index in [1.54, 1.807) is 37.5 Å². The van der Waals surface area contributed by atoms with Crippen LogP contribution in [-0.2, 0) is 5.79 Å². The first kappa shape index (κ1) is 13.2. The van der Waals surface area contributed by atoms with Crippen molar-refractivity contribution in [2.24, 2.45) is 16.5 Å². The molecule has 0 radical (unpaired) electrons. The topological polar surface area (TPSA) is 119 Å². The number of amides is 1. The second-order valence-electron chi connectivity index (χ2n) is 4.72. The van der Waals surface area contributed by atoms with Gasteiger partial charge >= 0.3 is 0 Å². The molecule has 0 saturated carbocycles. The maximum absolute atomic E-state index is 11.6. The molecule has 6 N–H and O–H groups in total. The summed E-state index contributed by atoms with van der Waals surface area (Å²) >= 11 is 0. The van der Waals surface area contributed by atoms with Crippen LogP contribution in [0.15, 0.2) is 46.0 Å². The Hall–Kier alpha value is -2.80. The van der Waals surface area contributed by atoms with E-state index in [1.807, 2.05) is 6.07 Å². The number of nitrogens with one attached hydrogen (secondary N) is 2. The zero-order valence-corrected chi connectivity index (χ0v) is 11.4. The fourth-order valence-electron chi connectivity index (χ4n) is 2.19. The van der Waals surface area contributed by atoms with Crippen molar-refractivity contribution >= 4 is 22.7 Å². The first-order valence-electron chi connectivity index (χ1n) is 6.36. The molecule has 1 amide bonds. The molecule has 2 aromatic rings. The second kappa shape index (κ2) is 4.64. The number of rotatable bonds is 2. The summed E-state index contributed by atoms with van der Waals surface area (Å²) in [4.78, 5) is 15.8. The first-order valence-corrected chi connectivity index (χ1v) is 6.36. The molecule has 0 spiro atoms. The van der Waals surface area contributed by atoms with E-state index in [-0.39, 0.29) is 11.7 Å². The second-order valence-corrected chi connectivity index (χ2v) is 4.72. The quantitative estimate of drug-likeness (QED) is 0.634. The molecule has 7 nitrogen and oxygen atoms in total. The predicted molar refractivity (Wildman–Crippen MR) is 79.4 cm³/mol. The van der Waals surface area contributed by atoms with Gasteiger partial charge in [0.05, 0.1) is 0 Å². The highest BCUT2D eigenvalue weighted by molar-refractivity contribution is 5.96. The number of hydrogen-bond donors (Lipinski definition) is 4. The summed E-state index contributed by atoms with van der Waals surface area (Å²) in [6.45, 7) is 0. The lowest BCUT2D eigenvalue weighted by atomic mass is 10.1. The van der Waals surface area contributed by atoms with Crippen LogP contribution in [0.3, 0.4) is 0 Å². The van der Waals surface area contributed by atoms with Crippen LogP contribution in [0.2, 0.25) is 0 Å². The Morgan fingerprint density at radius 1 is 1.43 bits per heavy atom. The third kappa shape index (κ3) is 2.23. The Balaban J connectivity index is 2.05. The van der Waals surface area contributed by atoms with Gasteiger partial charge in [0.1, 0.15) is 11.4 Å². The molecule has 3 rings (SSSR count). The molecule has 7 heteroatoms. The summed E-state index contributed by atoms with van der Waals surface area (Å²) in [5.41, 5.74) is 13.2. The molecule has 21 heavy (non-hydrogen) atoms. The molecule has 0 aliphatic carbocycles. The Labute approximate surface area is 120 Å². The molecule has 1 aliphatic heterocycles. The fraction of sp³-hybridized carbons (Fsp3) is 0.143. The van der Waals surface area contributed by atoms with E-state index >= 15 is 0 Å². The minimum absolute atomic E-state index is 0.246. The van der Waals surface area contributed by atoms with Crippen molar-refractivity contribution in [3.8, 4) is 0 Å². The van der Waals surface area contributed by atoms with Crippen molar-refractivity contribution in [3.05, 3.63) is 47.9 Å². The van der Waals surface area contributed by atoms with Gasteiger partial charge in [0.25, 0.3) is 5.91 Å². The summed E-state index contributed by atoms with van der Waals surface area (Å²) in [5, 5.41) is 6.25. The van der Waals surface area contributed by atoms with Gasteiger partial charge < -0.3 is 20.8 Å². The highest BCUT2D eigenvalue weighted by Crippen LogP contribution is 2.26. The predicted octanol–water partition coefficient (Wildman–Crippen LogP) is 0.336. The standard InChI is InChI=1S/C14H15N5O2/c1-17-13(20)11-7-8-6-9(2-3-10(8)21-11)14(16)18-5-4-12(15)19-14/h2-7,18H,16H2,1H3,(H2,15,19)(H,17,20). The van der Waals surface area contributed by atoms with Gasteiger partial charge in [-0.25, -0.2) is 4.99 Å². The number of hydrogen-bond acceptors (Lipinski definition) is 6. The number of benzene rings is 1. The van der Waals surface area contributed by atoms with E-state index in [0.717, 1.165) is 5.39 Å². The van der Waals surface area contributed by atoms with Gasteiger partial charge in [-0.3, -0.25) is 10.5 Å². The average Bonchev–Trinajstić information content (AvgIpc) is 2.89. The summed E-state index contributed by atoms with van der Waals surface area (Å²) in [6.07, 6.45) is 3.28. The highest BCUT2D eigenvalue weighted by Gasteiger charge is 2.27. The van der Waals surface area contributed by atoms with Gasteiger partial charge in [0.2, 0.25) is 5.79 Å². The first-order chi connectivity index (χ1) is 10.0. The zero-order valence-electron chi connectivity index (χ0n) is 11.4. The Kier molecular flexibility index (Phi) is 2.91. The van der Waals surface area contributed by atoms with Crippen LogP contribution in [0, 0.1) is 0 Å². The smallest absolute Gasteiger partial charge is 0.286 e. The number of furan rings is 1.